The predicted molar refractivity (Wildman–Crippen MR) is 158 cm³/mol. The van der Waals surface area contributed by atoms with E-state index < -0.39 is 21.4 Å². The molecule has 0 radical (unpaired) electrons. The van der Waals surface area contributed by atoms with Crippen LogP contribution in [0.2, 0.25) is 5.02 Å². The highest BCUT2D eigenvalue weighted by Gasteiger charge is 2.25. The van der Waals surface area contributed by atoms with E-state index in [9.17, 15) is 13.2 Å². The number of pyridine rings is 1. The number of ether oxygens (including phenoxy) is 1. The van der Waals surface area contributed by atoms with Gasteiger partial charge in [-0.25, -0.2) is 27.8 Å². The number of methoxy groups -OCH3 is 1. The molecule has 5 rings (SSSR count). The Hall–Kier alpha value is -3.88. The van der Waals surface area contributed by atoms with Crippen molar-refractivity contribution in [3.63, 3.8) is 0 Å². The zero-order chi connectivity index (χ0) is 30.2. The molecule has 222 valence electrons. The van der Waals surface area contributed by atoms with Gasteiger partial charge in [0.2, 0.25) is 11.8 Å². The van der Waals surface area contributed by atoms with Crippen LogP contribution in [0.3, 0.4) is 0 Å². The van der Waals surface area contributed by atoms with E-state index in [-0.39, 0.29) is 49.9 Å². The average Bonchev–Trinajstić information content (AvgIpc) is 2.96. The second kappa shape index (κ2) is 11.8. The molecule has 1 aromatic carbocycles. The predicted octanol–water partition coefficient (Wildman–Crippen LogP) is 3.67. The second-order valence-electron chi connectivity index (χ2n) is 10.3. The van der Waals surface area contributed by atoms with Crippen molar-refractivity contribution >= 4 is 44.4 Å². The molecule has 0 bridgehead atoms. The summed E-state index contributed by atoms with van der Waals surface area (Å²) in [6, 6.07) is 5.40. The van der Waals surface area contributed by atoms with Crippen LogP contribution in [0.25, 0.3) is 22.4 Å². The summed E-state index contributed by atoms with van der Waals surface area (Å²) in [6.07, 6.45) is 6.79. The summed E-state index contributed by atoms with van der Waals surface area (Å²) < 4.78 is 49.9. The minimum atomic E-state index is -4.25. The van der Waals surface area contributed by atoms with E-state index in [1.165, 1.54) is 49.3 Å². The molecule has 1 aliphatic rings. The number of aryl methyl sites for hydroxylation is 1. The molecule has 0 atom stereocenters. The molecule has 42 heavy (non-hydrogen) atoms. The van der Waals surface area contributed by atoms with Gasteiger partial charge in [0.1, 0.15) is 17.0 Å². The van der Waals surface area contributed by atoms with Gasteiger partial charge in [-0.3, -0.25) is 14.1 Å². The Kier molecular flexibility index (Phi) is 8.30. The lowest BCUT2D eigenvalue weighted by atomic mass is 9.91. The minimum Gasteiger partial charge on any atom is -0.480 e. The first-order valence-corrected chi connectivity index (χ1v) is 15.0. The fourth-order valence-electron chi connectivity index (χ4n) is 5.01. The number of fused-ring (bicyclic) bond motifs is 1. The zero-order valence-corrected chi connectivity index (χ0v) is 25.0. The van der Waals surface area contributed by atoms with E-state index in [0.717, 1.165) is 31.7 Å². The molecule has 12 nitrogen and oxygen atoms in total. The van der Waals surface area contributed by atoms with E-state index in [1.54, 1.807) is 0 Å². The van der Waals surface area contributed by atoms with Gasteiger partial charge < -0.3 is 15.0 Å². The SMILES string of the molecule is COc1ncc(Cl)cc1S(=O)(=O)Nc1ccc(F)c(-c2nc3cnc(NC4CCC(N(C)C)CC4)nc3n(C)c2=O)c1. The zero-order valence-electron chi connectivity index (χ0n) is 23.4. The van der Waals surface area contributed by atoms with Gasteiger partial charge in [0.05, 0.1) is 18.3 Å². The highest BCUT2D eigenvalue weighted by atomic mass is 35.5. The summed E-state index contributed by atoms with van der Waals surface area (Å²) in [6.45, 7) is 0. The van der Waals surface area contributed by atoms with Gasteiger partial charge in [-0.2, -0.15) is 4.98 Å². The highest BCUT2D eigenvalue weighted by molar-refractivity contribution is 7.92. The van der Waals surface area contributed by atoms with Crippen molar-refractivity contribution in [2.45, 2.75) is 42.7 Å². The number of nitrogens with one attached hydrogen (secondary N) is 2. The van der Waals surface area contributed by atoms with Crippen molar-refractivity contribution in [3.8, 4) is 17.1 Å². The molecule has 3 aromatic heterocycles. The first-order chi connectivity index (χ1) is 20.0. The number of rotatable bonds is 8. The van der Waals surface area contributed by atoms with Crippen LogP contribution in [0.1, 0.15) is 25.7 Å². The van der Waals surface area contributed by atoms with Gasteiger partial charge in [0, 0.05) is 36.6 Å². The van der Waals surface area contributed by atoms with Gasteiger partial charge >= 0.3 is 0 Å². The maximum absolute atomic E-state index is 15.0. The summed E-state index contributed by atoms with van der Waals surface area (Å²) in [5, 5.41) is 3.44. The monoisotopic (exact) mass is 616 g/mol. The Morgan fingerprint density at radius 3 is 2.52 bits per heavy atom. The molecule has 1 saturated carbocycles. The smallest absolute Gasteiger partial charge is 0.278 e. The lowest BCUT2D eigenvalue weighted by molar-refractivity contribution is 0.221. The molecule has 0 amide bonds. The topological polar surface area (TPSA) is 144 Å². The van der Waals surface area contributed by atoms with Crippen molar-refractivity contribution in [2.24, 2.45) is 7.05 Å². The van der Waals surface area contributed by atoms with Crippen LogP contribution in [0, 0.1) is 5.82 Å². The molecule has 4 aromatic rings. The quantitative estimate of drug-likeness (QED) is 0.301. The van der Waals surface area contributed by atoms with Crippen LogP contribution in [-0.4, -0.2) is 71.1 Å². The molecule has 15 heteroatoms. The van der Waals surface area contributed by atoms with E-state index in [2.05, 4.69) is 49.0 Å². The van der Waals surface area contributed by atoms with E-state index >= 15 is 4.39 Å². The molecule has 2 N–H and O–H groups in total. The largest absolute Gasteiger partial charge is 0.480 e. The maximum Gasteiger partial charge on any atom is 0.278 e. The lowest BCUT2D eigenvalue weighted by Gasteiger charge is -2.32. The average molecular weight is 617 g/mol. The van der Waals surface area contributed by atoms with Crippen LogP contribution >= 0.6 is 11.6 Å². The third kappa shape index (κ3) is 6.01. The van der Waals surface area contributed by atoms with Gasteiger partial charge in [0.25, 0.3) is 15.6 Å². The first kappa shape index (κ1) is 29.6. The van der Waals surface area contributed by atoms with Gasteiger partial charge in [-0.15, -0.1) is 0 Å². The van der Waals surface area contributed by atoms with Gasteiger partial charge in [0.15, 0.2) is 10.5 Å². The molecule has 0 unspecified atom stereocenters. The molecule has 3 heterocycles. The summed E-state index contributed by atoms with van der Waals surface area (Å²) in [5.74, 6) is -0.556. The lowest BCUT2D eigenvalue weighted by Crippen LogP contribution is -2.36. The third-order valence-corrected chi connectivity index (χ3v) is 8.89. The molecule has 1 fully saturated rings. The number of anilines is 2. The van der Waals surface area contributed by atoms with Gasteiger partial charge in [-0.1, -0.05) is 11.6 Å². The van der Waals surface area contributed by atoms with Crippen LogP contribution in [0.4, 0.5) is 16.0 Å². The molecular weight excluding hydrogens is 587 g/mol. The van der Waals surface area contributed by atoms with Gasteiger partial charge in [-0.05, 0) is 64.0 Å². The van der Waals surface area contributed by atoms with E-state index in [0.29, 0.717) is 12.0 Å². The van der Waals surface area contributed by atoms with Crippen molar-refractivity contribution in [1.82, 2.24) is 29.4 Å². The number of nitrogens with zero attached hydrogens (tertiary/aromatic N) is 6. The third-order valence-electron chi connectivity index (χ3n) is 7.31. The Bertz CT molecular complexity index is 1810. The molecule has 1 aliphatic carbocycles. The molecule has 0 saturated heterocycles. The standard InChI is InChI=1S/C27H30ClFN8O4S/c1-36(2)18-8-5-16(6-9-18)32-27-31-14-21-24(34-27)37(3)26(38)23(33-21)19-12-17(7-10-20(19)29)35-42(39,40)22-11-15(28)13-30-25(22)41-4/h7,10-14,16,18,35H,5-6,8-9H2,1-4H3,(H,31,32,34). The van der Waals surface area contributed by atoms with Crippen LogP contribution in [-0.2, 0) is 17.1 Å². The number of sulfonamides is 1. The highest BCUT2D eigenvalue weighted by Crippen LogP contribution is 2.29. The number of hydrogen-bond acceptors (Lipinski definition) is 10. The Balaban J connectivity index is 1.44. The van der Waals surface area contributed by atoms with Crippen LogP contribution < -0.4 is 20.3 Å². The maximum atomic E-state index is 15.0. The summed E-state index contributed by atoms with van der Waals surface area (Å²) in [4.78, 5) is 32.4. The Labute approximate surface area is 247 Å². The molecule has 0 spiro atoms. The van der Waals surface area contributed by atoms with E-state index in [1.807, 2.05) is 0 Å². The first-order valence-electron chi connectivity index (χ1n) is 13.2. The van der Waals surface area contributed by atoms with Crippen molar-refractivity contribution < 1.29 is 17.5 Å². The Morgan fingerprint density at radius 2 is 1.83 bits per heavy atom. The molecular formula is C27H30ClFN8O4S. The number of hydrogen-bond donors (Lipinski definition) is 2. The summed E-state index contributed by atoms with van der Waals surface area (Å²) >= 11 is 5.94. The fraction of sp³-hybridized carbons (Fsp3) is 0.370. The van der Waals surface area contributed by atoms with Crippen molar-refractivity contribution in [3.05, 3.63) is 57.9 Å². The molecule has 0 aliphatic heterocycles. The second-order valence-corrected chi connectivity index (χ2v) is 12.4. The number of benzene rings is 1. The normalized spacial score (nSPS) is 17.4. The van der Waals surface area contributed by atoms with Crippen molar-refractivity contribution in [2.75, 3.05) is 31.2 Å². The number of halogens is 2. The van der Waals surface area contributed by atoms with Crippen LogP contribution in [0.15, 0.2) is 46.3 Å². The minimum absolute atomic E-state index is 0.0165. The Morgan fingerprint density at radius 1 is 1.10 bits per heavy atom. The van der Waals surface area contributed by atoms with E-state index in [4.69, 9.17) is 16.3 Å². The number of aromatic nitrogens is 5. The van der Waals surface area contributed by atoms with Crippen molar-refractivity contribution in [1.29, 1.82) is 0 Å². The summed E-state index contributed by atoms with van der Waals surface area (Å²) in [7, 11) is 2.71. The van der Waals surface area contributed by atoms with Crippen LogP contribution in [0.5, 0.6) is 5.88 Å². The summed E-state index contributed by atoms with van der Waals surface area (Å²) in [5.41, 5.74) is -0.504. The fourth-order valence-corrected chi connectivity index (χ4v) is 6.43.